The third-order valence-electron chi connectivity index (χ3n) is 2.31. The van der Waals surface area contributed by atoms with Gasteiger partial charge in [0.05, 0.1) is 5.56 Å². The molecule has 5 heteroatoms. The number of phenols is 1. The molecule has 0 spiro atoms. The van der Waals surface area contributed by atoms with Crippen molar-refractivity contribution in [3.63, 3.8) is 0 Å². The van der Waals surface area contributed by atoms with E-state index in [1.807, 2.05) is 0 Å². The molecule has 92 valence electrons. The Balaban J connectivity index is 2.21. The van der Waals surface area contributed by atoms with Crippen molar-refractivity contribution >= 4 is 27.5 Å². The molecule has 0 aliphatic heterocycles. The quantitative estimate of drug-likeness (QED) is 0.891. The normalized spacial score (nSPS) is 10.1. The molecule has 2 aromatic carbocycles. The van der Waals surface area contributed by atoms with E-state index < -0.39 is 5.91 Å². The van der Waals surface area contributed by atoms with Crippen LogP contribution in [0.2, 0.25) is 0 Å². The van der Waals surface area contributed by atoms with E-state index in [-0.39, 0.29) is 17.1 Å². The molecular weight excluding hydrogens is 301 g/mol. The van der Waals surface area contributed by atoms with Gasteiger partial charge in [-0.1, -0.05) is 15.9 Å². The molecule has 0 saturated carbocycles. The first-order valence-corrected chi connectivity index (χ1v) is 5.91. The topological polar surface area (TPSA) is 49.3 Å². The number of hydrogen-bond donors (Lipinski definition) is 2. The highest BCUT2D eigenvalue weighted by atomic mass is 79.9. The number of amides is 1. The van der Waals surface area contributed by atoms with Crippen molar-refractivity contribution in [2.75, 3.05) is 5.32 Å². The Kier molecular flexibility index (Phi) is 3.62. The molecule has 0 heterocycles. The highest BCUT2D eigenvalue weighted by molar-refractivity contribution is 9.10. The van der Waals surface area contributed by atoms with Crippen LogP contribution in [-0.4, -0.2) is 11.0 Å². The van der Waals surface area contributed by atoms with Crippen LogP contribution in [0.25, 0.3) is 0 Å². The molecular formula is C13H9BrFNO2. The molecule has 2 N–H and O–H groups in total. The molecule has 0 aliphatic carbocycles. The predicted octanol–water partition coefficient (Wildman–Crippen LogP) is 3.55. The van der Waals surface area contributed by atoms with Crippen molar-refractivity contribution in [3.8, 4) is 5.75 Å². The summed E-state index contributed by atoms with van der Waals surface area (Å²) in [6, 6.07) is 9.94. The van der Waals surface area contributed by atoms with Crippen LogP contribution in [-0.2, 0) is 0 Å². The third-order valence-corrected chi connectivity index (χ3v) is 2.80. The smallest absolute Gasteiger partial charge is 0.259 e. The highest BCUT2D eigenvalue weighted by Crippen LogP contribution is 2.23. The Morgan fingerprint density at radius 2 is 1.83 bits per heavy atom. The number of carbonyl (C=O) groups is 1. The lowest BCUT2D eigenvalue weighted by Crippen LogP contribution is -2.12. The van der Waals surface area contributed by atoms with Gasteiger partial charge in [0.25, 0.3) is 5.91 Å². The van der Waals surface area contributed by atoms with Crippen LogP contribution in [0.1, 0.15) is 10.4 Å². The number of benzene rings is 2. The number of aromatic hydroxyl groups is 1. The second kappa shape index (κ2) is 5.18. The molecule has 2 aromatic rings. The van der Waals surface area contributed by atoms with Crippen molar-refractivity contribution in [2.24, 2.45) is 0 Å². The fourth-order valence-electron chi connectivity index (χ4n) is 1.42. The van der Waals surface area contributed by atoms with Gasteiger partial charge in [0, 0.05) is 10.2 Å². The summed E-state index contributed by atoms with van der Waals surface area (Å²) in [7, 11) is 0. The minimum absolute atomic E-state index is 0.113. The molecule has 0 unspecified atom stereocenters. The van der Waals surface area contributed by atoms with E-state index in [9.17, 15) is 14.3 Å². The number of carbonyl (C=O) groups excluding carboxylic acids is 1. The lowest BCUT2D eigenvalue weighted by molar-refractivity contribution is 0.102. The van der Waals surface area contributed by atoms with Gasteiger partial charge in [-0.25, -0.2) is 4.39 Å². The summed E-state index contributed by atoms with van der Waals surface area (Å²) < 4.78 is 13.4. The molecule has 0 bridgehead atoms. The lowest BCUT2D eigenvalue weighted by atomic mass is 10.2. The van der Waals surface area contributed by atoms with Crippen LogP contribution in [0.4, 0.5) is 10.1 Å². The van der Waals surface area contributed by atoms with Crippen molar-refractivity contribution in [3.05, 3.63) is 58.3 Å². The van der Waals surface area contributed by atoms with E-state index in [0.29, 0.717) is 10.2 Å². The second-order valence-electron chi connectivity index (χ2n) is 3.62. The summed E-state index contributed by atoms with van der Waals surface area (Å²) in [5.41, 5.74) is 0.606. The fourth-order valence-corrected chi connectivity index (χ4v) is 1.78. The molecule has 0 fully saturated rings. The standard InChI is InChI=1S/C13H9BrFNO2/c14-8-1-6-12(17)11(7-8)13(18)16-10-4-2-9(15)3-5-10/h1-7,17H,(H,16,18). The molecule has 0 radical (unpaired) electrons. The summed E-state index contributed by atoms with van der Waals surface area (Å²) in [5, 5.41) is 12.2. The minimum atomic E-state index is -0.458. The zero-order chi connectivity index (χ0) is 13.1. The molecule has 2 rings (SSSR count). The van der Waals surface area contributed by atoms with Crippen LogP contribution >= 0.6 is 15.9 Å². The number of hydrogen-bond acceptors (Lipinski definition) is 2. The minimum Gasteiger partial charge on any atom is -0.507 e. The van der Waals surface area contributed by atoms with E-state index in [4.69, 9.17) is 0 Å². The van der Waals surface area contributed by atoms with Gasteiger partial charge in [0.1, 0.15) is 11.6 Å². The lowest BCUT2D eigenvalue weighted by Gasteiger charge is -2.07. The Labute approximate surface area is 111 Å². The van der Waals surface area contributed by atoms with Crippen molar-refractivity contribution in [1.29, 1.82) is 0 Å². The van der Waals surface area contributed by atoms with Gasteiger partial charge < -0.3 is 10.4 Å². The van der Waals surface area contributed by atoms with Crippen LogP contribution in [0.15, 0.2) is 46.9 Å². The summed E-state index contributed by atoms with van der Waals surface area (Å²) >= 11 is 3.22. The van der Waals surface area contributed by atoms with Crippen molar-refractivity contribution < 1.29 is 14.3 Å². The molecule has 0 aromatic heterocycles. The van der Waals surface area contributed by atoms with Gasteiger partial charge in [0.15, 0.2) is 0 Å². The maximum absolute atomic E-state index is 12.7. The van der Waals surface area contributed by atoms with E-state index in [2.05, 4.69) is 21.2 Å². The van der Waals surface area contributed by atoms with Gasteiger partial charge in [-0.3, -0.25) is 4.79 Å². The van der Waals surface area contributed by atoms with Crippen molar-refractivity contribution in [2.45, 2.75) is 0 Å². The van der Waals surface area contributed by atoms with Gasteiger partial charge in [-0.2, -0.15) is 0 Å². The van der Waals surface area contributed by atoms with Crippen molar-refractivity contribution in [1.82, 2.24) is 0 Å². The maximum Gasteiger partial charge on any atom is 0.259 e. The van der Waals surface area contributed by atoms with Crippen LogP contribution in [0.5, 0.6) is 5.75 Å². The van der Waals surface area contributed by atoms with Gasteiger partial charge in [0.2, 0.25) is 0 Å². The first-order chi connectivity index (χ1) is 8.56. The Morgan fingerprint density at radius 3 is 2.50 bits per heavy atom. The van der Waals surface area contributed by atoms with Crippen LogP contribution in [0.3, 0.4) is 0 Å². The number of phenolic OH excluding ortho intramolecular Hbond substituents is 1. The Morgan fingerprint density at radius 1 is 1.17 bits per heavy atom. The second-order valence-corrected chi connectivity index (χ2v) is 4.54. The number of halogens is 2. The van der Waals surface area contributed by atoms with E-state index in [1.165, 1.54) is 36.4 Å². The SMILES string of the molecule is O=C(Nc1ccc(F)cc1)c1cc(Br)ccc1O. The molecule has 0 aliphatic rings. The largest absolute Gasteiger partial charge is 0.507 e. The maximum atomic E-state index is 12.7. The fraction of sp³-hybridized carbons (Fsp3) is 0. The summed E-state index contributed by atoms with van der Waals surface area (Å²) in [6.07, 6.45) is 0. The van der Waals surface area contributed by atoms with E-state index >= 15 is 0 Å². The molecule has 3 nitrogen and oxygen atoms in total. The monoisotopic (exact) mass is 309 g/mol. The van der Waals surface area contributed by atoms with Crippen LogP contribution in [0, 0.1) is 5.82 Å². The number of nitrogens with one attached hydrogen (secondary N) is 1. The van der Waals surface area contributed by atoms with Crippen LogP contribution < -0.4 is 5.32 Å². The number of anilines is 1. The number of rotatable bonds is 2. The Hall–Kier alpha value is -1.88. The van der Waals surface area contributed by atoms with E-state index in [0.717, 1.165) is 0 Å². The Bertz CT molecular complexity index is 584. The average Bonchev–Trinajstić information content (AvgIpc) is 2.35. The highest BCUT2D eigenvalue weighted by Gasteiger charge is 2.11. The first kappa shape index (κ1) is 12.6. The molecule has 0 saturated heterocycles. The first-order valence-electron chi connectivity index (χ1n) is 5.12. The average molecular weight is 310 g/mol. The summed E-state index contributed by atoms with van der Waals surface area (Å²) in [6.45, 7) is 0. The molecule has 18 heavy (non-hydrogen) atoms. The molecule has 1 amide bonds. The van der Waals surface area contributed by atoms with Gasteiger partial charge >= 0.3 is 0 Å². The van der Waals surface area contributed by atoms with E-state index in [1.54, 1.807) is 6.07 Å². The summed E-state index contributed by atoms with van der Waals surface area (Å²) in [4.78, 5) is 11.9. The molecule has 0 atom stereocenters. The summed E-state index contributed by atoms with van der Waals surface area (Å²) in [5.74, 6) is -0.948. The predicted molar refractivity (Wildman–Crippen MR) is 70.2 cm³/mol. The zero-order valence-corrected chi connectivity index (χ0v) is 10.7. The zero-order valence-electron chi connectivity index (χ0n) is 9.15. The van der Waals surface area contributed by atoms with Gasteiger partial charge in [-0.15, -0.1) is 0 Å². The third kappa shape index (κ3) is 2.87. The van der Waals surface area contributed by atoms with Gasteiger partial charge in [-0.05, 0) is 42.5 Å².